The molecule has 0 radical (unpaired) electrons. The van der Waals surface area contributed by atoms with Gasteiger partial charge in [-0.1, -0.05) is 88.4 Å². The summed E-state index contributed by atoms with van der Waals surface area (Å²) in [5, 5.41) is 9.32. The van der Waals surface area contributed by atoms with E-state index in [4.69, 9.17) is 54.8 Å². The number of pyridine rings is 1. The van der Waals surface area contributed by atoms with E-state index in [0.29, 0.717) is 47.7 Å². The Labute approximate surface area is 343 Å². The molecule has 2 fully saturated rings. The zero-order valence-electron chi connectivity index (χ0n) is 34.2. The number of aromatic nitrogens is 3. The highest BCUT2D eigenvalue weighted by Crippen LogP contribution is 2.41. The SMILES string of the molecule is CC(C)(C)[Si](C)(C)OC1CO[C@H]2[C@@H]1OC[C@H]2Oc1nc2nc(-c3ccc(-c4ccc(S(=O)(=O)NCCOCCO)cc4)cc3)c(Cl)cc2n1COCC[Si](C)(C)C. The minimum atomic E-state index is -3.70. The predicted molar refractivity (Wildman–Crippen MR) is 227 cm³/mol. The first kappa shape index (κ1) is 43.8. The summed E-state index contributed by atoms with van der Waals surface area (Å²) in [6.07, 6.45) is -1.08. The van der Waals surface area contributed by atoms with E-state index in [1.807, 2.05) is 34.9 Å². The molecule has 1 unspecified atom stereocenters. The molecular weight excluding hydrogens is 804 g/mol. The van der Waals surface area contributed by atoms with Crippen LogP contribution in [0, 0.1) is 0 Å². The number of nitrogens with zero attached hydrogens (tertiary/aromatic N) is 3. The van der Waals surface area contributed by atoms with Crippen LogP contribution in [-0.2, 0) is 40.1 Å². The van der Waals surface area contributed by atoms with Gasteiger partial charge >= 0.3 is 6.01 Å². The molecule has 2 aromatic carbocycles. The Morgan fingerprint density at radius 1 is 0.877 bits per heavy atom. The zero-order chi connectivity index (χ0) is 41.2. The second-order valence-electron chi connectivity index (χ2n) is 17.3. The Bertz CT molecular complexity index is 2090. The molecule has 2 aromatic heterocycles. The van der Waals surface area contributed by atoms with E-state index in [1.165, 1.54) is 0 Å². The van der Waals surface area contributed by atoms with E-state index in [1.54, 1.807) is 24.3 Å². The monoisotopic (exact) mass is 860 g/mol. The van der Waals surface area contributed by atoms with Gasteiger partial charge in [-0.2, -0.15) is 4.98 Å². The van der Waals surface area contributed by atoms with E-state index in [9.17, 15) is 8.42 Å². The maximum absolute atomic E-state index is 12.7. The van der Waals surface area contributed by atoms with Crippen LogP contribution in [0.25, 0.3) is 33.5 Å². The van der Waals surface area contributed by atoms with E-state index in [-0.39, 0.29) is 61.3 Å². The average molecular weight is 862 g/mol. The standard InChI is InChI=1S/C40H57ClN4O9SSi2/c1-40(2,3)57(7,8)54-34-25-52-36-33(24-51-37(34)36)53-39-44-38-32(45(39)26-50-21-22-56(4,5)6)23-31(41)35(43-38)29-11-9-27(10-12-29)28-13-15-30(16-14-28)55(47,48)42-17-19-49-20-18-46/h9-16,23,33-34,36-37,42,46H,17-22,24-26H2,1-8H3/t33-,34?,36-,37-/m1/s1. The molecule has 0 aliphatic carbocycles. The lowest BCUT2D eigenvalue weighted by molar-refractivity contribution is 0.00691. The summed E-state index contributed by atoms with van der Waals surface area (Å²) in [6, 6.07) is 17.6. The van der Waals surface area contributed by atoms with Crippen molar-refractivity contribution in [3.63, 3.8) is 0 Å². The molecular formula is C40H57ClN4O9SSi2. The lowest BCUT2D eigenvalue weighted by atomic mass is 10.0. The Hall–Kier alpha value is -2.75. The van der Waals surface area contributed by atoms with E-state index in [0.717, 1.165) is 22.7 Å². The number of halogens is 1. The van der Waals surface area contributed by atoms with Crippen molar-refractivity contribution in [2.45, 2.75) is 101 Å². The van der Waals surface area contributed by atoms with Crippen molar-refractivity contribution < 1.29 is 41.6 Å². The maximum Gasteiger partial charge on any atom is 0.301 e. The molecule has 2 saturated heterocycles. The smallest absolute Gasteiger partial charge is 0.301 e. The zero-order valence-corrected chi connectivity index (χ0v) is 37.8. The van der Waals surface area contributed by atoms with Crippen molar-refractivity contribution >= 4 is 49.2 Å². The molecule has 57 heavy (non-hydrogen) atoms. The molecule has 4 atom stereocenters. The topological polar surface area (TPSA) is 152 Å². The number of aliphatic hydroxyl groups excluding tert-OH is 1. The number of hydrogen-bond acceptors (Lipinski definition) is 11. The largest absolute Gasteiger partial charge is 0.456 e. The Balaban J connectivity index is 1.20. The van der Waals surface area contributed by atoms with E-state index >= 15 is 0 Å². The number of hydrogen-bond donors (Lipinski definition) is 2. The number of aliphatic hydroxyl groups is 1. The molecule has 17 heteroatoms. The van der Waals surface area contributed by atoms with Crippen molar-refractivity contribution in [1.82, 2.24) is 19.3 Å². The molecule has 312 valence electrons. The Morgan fingerprint density at radius 2 is 1.49 bits per heavy atom. The Morgan fingerprint density at radius 3 is 2.12 bits per heavy atom. The van der Waals surface area contributed by atoms with Gasteiger partial charge in [0.05, 0.1) is 60.3 Å². The van der Waals surface area contributed by atoms with Crippen LogP contribution in [0.5, 0.6) is 6.01 Å². The summed E-state index contributed by atoms with van der Waals surface area (Å²) in [5.74, 6) is 0. The molecule has 2 aliphatic heterocycles. The number of rotatable bonds is 18. The van der Waals surface area contributed by atoms with Crippen molar-refractivity contribution in [3.8, 4) is 28.4 Å². The van der Waals surface area contributed by atoms with E-state index in [2.05, 4.69) is 58.2 Å². The van der Waals surface area contributed by atoms with Crippen LogP contribution in [-0.4, -0.2) is 115 Å². The second kappa shape index (κ2) is 17.9. The summed E-state index contributed by atoms with van der Waals surface area (Å²) >= 11 is 6.95. The van der Waals surface area contributed by atoms with Gasteiger partial charge in [-0.3, -0.25) is 4.57 Å². The van der Waals surface area contributed by atoms with Crippen molar-refractivity contribution in [2.24, 2.45) is 0 Å². The van der Waals surface area contributed by atoms with Crippen LogP contribution in [0.3, 0.4) is 0 Å². The molecule has 6 rings (SSSR count). The summed E-state index contributed by atoms with van der Waals surface area (Å²) < 4.78 is 67.0. The molecule has 0 saturated carbocycles. The molecule has 0 spiro atoms. The van der Waals surface area contributed by atoms with Crippen LogP contribution < -0.4 is 9.46 Å². The lowest BCUT2D eigenvalue weighted by Gasteiger charge is -2.39. The highest BCUT2D eigenvalue weighted by atomic mass is 35.5. The summed E-state index contributed by atoms with van der Waals surface area (Å²) in [7, 11) is -7.07. The maximum atomic E-state index is 12.7. The predicted octanol–water partition coefficient (Wildman–Crippen LogP) is 6.95. The number of benzene rings is 2. The summed E-state index contributed by atoms with van der Waals surface area (Å²) in [4.78, 5) is 9.95. The number of imidazole rings is 1. The third-order valence-electron chi connectivity index (χ3n) is 10.8. The summed E-state index contributed by atoms with van der Waals surface area (Å²) in [6.45, 7) is 20.1. The fourth-order valence-corrected chi connectivity index (χ4v) is 9.76. The normalized spacial score (nSPS) is 20.4. The minimum Gasteiger partial charge on any atom is -0.456 e. The number of sulfonamides is 1. The second-order valence-corrected chi connectivity index (χ2v) is 29.9. The van der Waals surface area contributed by atoms with Crippen molar-refractivity contribution in [3.05, 3.63) is 59.6 Å². The van der Waals surface area contributed by atoms with Gasteiger partial charge in [0.2, 0.25) is 10.0 Å². The highest BCUT2D eigenvalue weighted by Gasteiger charge is 2.52. The van der Waals surface area contributed by atoms with Gasteiger partial charge in [-0.15, -0.1) is 0 Å². The van der Waals surface area contributed by atoms with Crippen LogP contribution in [0.4, 0.5) is 0 Å². The summed E-state index contributed by atoms with van der Waals surface area (Å²) in [5.41, 5.74) is 4.25. The van der Waals surface area contributed by atoms with Gasteiger partial charge in [0, 0.05) is 26.8 Å². The highest BCUT2D eigenvalue weighted by molar-refractivity contribution is 7.89. The van der Waals surface area contributed by atoms with Gasteiger partial charge in [-0.25, -0.2) is 18.1 Å². The fraction of sp³-hybridized carbons (Fsp3) is 0.550. The van der Waals surface area contributed by atoms with E-state index < -0.39 is 32.5 Å². The first-order valence-corrected chi connectivity index (χ1v) is 28.0. The molecule has 13 nitrogen and oxygen atoms in total. The molecule has 4 aromatic rings. The van der Waals surface area contributed by atoms with Crippen LogP contribution >= 0.6 is 11.6 Å². The quantitative estimate of drug-likeness (QED) is 0.0790. The number of fused-ring (bicyclic) bond motifs is 2. The van der Waals surface area contributed by atoms with Crippen molar-refractivity contribution in [2.75, 3.05) is 46.2 Å². The number of nitrogens with one attached hydrogen (secondary N) is 1. The number of ether oxygens (including phenoxy) is 5. The lowest BCUT2D eigenvalue weighted by Crippen LogP contribution is -2.47. The van der Waals surface area contributed by atoms with Gasteiger partial charge < -0.3 is 33.2 Å². The first-order chi connectivity index (χ1) is 26.9. The third-order valence-corrected chi connectivity index (χ3v) is 18.8. The molecule has 2 aliphatic rings. The van der Waals surface area contributed by atoms with Gasteiger partial charge in [0.1, 0.15) is 18.9 Å². The van der Waals surface area contributed by atoms with Crippen LogP contribution in [0.1, 0.15) is 20.8 Å². The Kier molecular flexibility index (Phi) is 13.7. The van der Waals surface area contributed by atoms with Crippen molar-refractivity contribution in [1.29, 1.82) is 0 Å². The molecule has 4 heterocycles. The van der Waals surface area contributed by atoms with Crippen LogP contribution in [0.15, 0.2) is 59.5 Å². The third kappa shape index (κ3) is 10.5. The van der Waals surface area contributed by atoms with Gasteiger partial charge in [0.15, 0.2) is 20.1 Å². The first-order valence-electron chi connectivity index (χ1n) is 19.5. The molecule has 2 N–H and O–H groups in total. The average Bonchev–Trinajstić information content (AvgIpc) is 3.83. The van der Waals surface area contributed by atoms with Gasteiger partial charge in [0.25, 0.3) is 0 Å². The minimum absolute atomic E-state index is 0.0611. The molecule has 0 bridgehead atoms. The molecule has 0 amide bonds. The fourth-order valence-electron chi connectivity index (χ4n) is 6.42. The van der Waals surface area contributed by atoms with Gasteiger partial charge in [-0.05, 0) is 53.5 Å². The van der Waals surface area contributed by atoms with Crippen LogP contribution in [0.2, 0.25) is 48.8 Å².